The van der Waals surface area contributed by atoms with E-state index in [1.807, 2.05) is 24.3 Å². The van der Waals surface area contributed by atoms with E-state index in [1.54, 1.807) is 24.3 Å². The number of anilines is 2. The van der Waals surface area contributed by atoms with Crippen LogP contribution in [0.3, 0.4) is 0 Å². The molecule has 0 aromatic heterocycles. The number of amides is 2. The molecule has 2 aromatic rings. The Balaban J connectivity index is 1.63. The first-order valence-corrected chi connectivity index (χ1v) is 8.30. The van der Waals surface area contributed by atoms with E-state index in [0.717, 1.165) is 16.6 Å². The topological polar surface area (TPSA) is 58.2 Å². The lowest BCUT2D eigenvalue weighted by Gasteiger charge is -2.08. The summed E-state index contributed by atoms with van der Waals surface area (Å²) in [7, 11) is 0. The second-order valence-electron chi connectivity index (χ2n) is 5.82. The van der Waals surface area contributed by atoms with Gasteiger partial charge in [0, 0.05) is 21.6 Å². The van der Waals surface area contributed by atoms with Crippen LogP contribution in [0.25, 0.3) is 0 Å². The summed E-state index contributed by atoms with van der Waals surface area (Å²) < 4.78 is 0.829. The fourth-order valence-corrected chi connectivity index (χ4v) is 2.77. The average Bonchev–Trinajstić information content (AvgIpc) is 3.27. The molecule has 0 bridgehead atoms. The molecule has 1 saturated carbocycles. The van der Waals surface area contributed by atoms with E-state index in [4.69, 9.17) is 0 Å². The minimum atomic E-state index is -0.189. The highest BCUT2D eigenvalue weighted by Gasteiger charge is 2.39. The zero-order valence-electron chi connectivity index (χ0n) is 12.7. The summed E-state index contributed by atoms with van der Waals surface area (Å²) in [6.07, 6.45) is 0.957. The number of hydrogen-bond acceptors (Lipinski definition) is 2. The standard InChI is InChI=1S/C18H17BrN2O2/c1-11-10-14(11)18(23)20-13-8-6-12(7-9-13)17(22)21-16-5-3-2-4-15(16)19/h2-9,11,14H,10H2,1H3,(H,20,23)(H,21,22). The minimum Gasteiger partial charge on any atom is -0.326 e. The first-order valence-electron chi connectivity index (χ1n) is 7.51. The fraction of sp³-hybridized carbons (Fsp3) is 0.222. The normalized spacial score (nSPS) is 19.0. The van der Waals surface area contributed by atoms with Crippen molar-refractivity contribution in [2.75, 3.05) is 10.6 Å². The predicted molar refractivity (Wildman–Crippen MR) is 94.4 cm³/mol. The van der Waals surface area contributed by atoms with Crippen molar-refractivity contribution in [3.8, 4) is 0 Å². The minimum absolute atomic E-state index is 0.0583. The van der Waals surface area contributed by atoms with Gasteiger partial charge < -0.3 is 10.6 Å². The third kappa shape index (κ3) is 3.79. The van der Waals surface area contributed by atoms with Gasteiger partial charge >= 0.3 is 0 Å². The summed E-state index contributed by atoms with van der Waals surface area (Å²) in [6, 6.07) is 14.4. The molecule has 2 atom stereocenters. The van der Waals surface area contributed by atoms with Crippen molar-refractivity contribution in [2.24, 2.45) is 11.8 Å². The number of para-hydroxylation sites is 1. The third-order valence-corrected chi connectivity index (χ3v) is 4.67. The van der Waals surface area contributed by atoms with Crippen molar-refractivity contribution >= 4 is 39.1 Å². The van der Waals surface area contributed by atoms with Crippen molar-refractivity contribution in [3.05, 3.63) is 58.6 Å². The molecule has 0 radical (unpaired) electrons. The summed E-state index contributed by atoms with van der Waals surface area (Å²) in [4.78, 5) is 24.1. The maximum Gasteiger partial charge on any atom is 0.255 e. The van der Waals surface area contributed by atoms with E-state index in [1.165, 1.54) is 0 Å². The van der Waals surface area contributed by atoms with Gasteiger partial charge in [-0.05, 0) is 64.7 Å². The SMILES string of the molecule is CC1CC1C(=O)Nc1ccc(C(=O)Nc2ccccc2Br)cc1. The molecule has 3 rings (SSSR count). The van der Waals surface area contributed by atoms with E-state index >= 15 is 0 Å². The number of carbonyl (C=O) groups excluding carboxylic acids is 2. The Morgan fingerprint density at radius 1 is 1.04 bits per heavy atom. The quantitative estimate of drug-likeness (QED) is 0.840. The zero-order valence-corrected chi connectivity index (χ0v) is 14.3. The molecule has 2 N–H and O–H groups in total. The van der Waals surface area contributed by atoms with Gasteiger partial charge in [-0.1, -0.05) is 19.1 Å². The van der Waals surface area contributed by atoms with Crippen molar-refractivity contribution < 1.29 is 9.59 Å². The molecule has 118 valence electrons. The Morgan fingerprint density at radius 2 is 1.70 bits per heavy atom. The zero-order chi connectivity index (χ0) is 16.4. The number of nitrogens with one attached hydrogen (secondary N) is 2. The fourth-order valence-electron chi connectivity index (χ4n) is 2.38. The first-order chi connectivity index (χ1) is 11.0. The molecule has 0 aliphatic heterocycles. The third-order valence-electron chi connectivity index (χ3n) is 3.98. The van der Waals surface area contributed by atoms with Crippen molar-refractivity contribution in [3.63, 3.8) is 0 Å². The van der Waals surface area contributed by atoms with Gasteiger partial charge in [0.25, 0.3) is 5.91 Å². The largest absolute Gasteiger partial charge is 0.326 e. The molecule has 2 aromatic carbocycles. The Hall–Kier alpha value is -2.14. The number of hydrogen-bond donors (Lipinski definition) is 2. The maximum absolute atomic E-state index is 12.2. The molecule has 0 spiro atoms. The van der Waals surface area contributed by atoms with Crippen molar-refractivity contribution in [1.82, 2.24) is 0 Å². The molecule has 5 heteroatoms. The van der Waals surface area contributed by atoms with Crippen LogP contribution in [0.4, 0.5) is 11.4 Å². The highest BCUT2D eigenvalue weighted by Crippen LogP contribution is 2.38. The molecular weight excluding hydrogens is 356 g/mol. The lowest BCUT2D eigenvalue weighted by atomic mass is 10.2. The second-order valence-corrected chi connectivity index (χ2v) is 6.67. The summed E-state index contributed by atoms with van der Waals surface area (Å²) in [5.41, 5.74) is 1.97. The smallest absolute Gasteiger partial charge is 0.255 e. The van der Waals surface area contributed by atoms with Gasteiger partial charge in [0.1, 0.15) is 0 Å². The summed E-state index contributed by atoms with van der Waals surface area (Å²) >= 11 is 3.40. The molecule has 2 amide bonds. The Labute approximate surface area is 143 Å². The van der Waals surface area contributed by atoms with Gasteiger partial charge in [-0.25, -0.2) is 0 Å². The van der Waals surface area contributed by atoms with Gasteiger partial charge in [0.15, 0.2) is 0 Å². The van der Waals surface area contributed by atoms with E-state index < -0.39 is 0 Å². The highest BCUT2D eigenvalue weighted by atomic mass is 79.9. The molecule has 1 aliphatic carbocycles. The molecule has 1 aliphatic rings. The van der Waals surface area contributed by atoms with Crippen LogP contribution in [0, 0.1) is 11.8 Å². The van der Waals surface area contributed by atoms with Gasteiger partial charge in [-0.15, -0.1) is 0 Å². The molecule has 23 heavy (non-hydrogen) atoms. The van der Waals surface area contributed by atoms with Crippen LogP contribution in [-0.4, -0.2) is 11.8 Å². The molecule has 2 unspecified atom stereocenters. The summed E-state index contributed by atoms with van der Waals surface area (Å²) in [5, 5.41) is 5.73. The molecule has 4 nitrogen and oxygen atoms in total. The van der Waals surface area contributed by atoms with E-state index in [9.17, 15) is 9.59 Å². The molecule has 0 heterocycles. The van der Waals surface area contributed by atoms with Crippen molar-refractivity contribution in [2.45, 2.75) is 13.3 Å². The monoisotopic (exact) mass is 372 g/mol. The van der Waals surface area contributed by atoms with Crippen LogP contribution in [-0.2, 0) is 4.79 Å². The average molecular weight is 373 g/mol. The van der Waals surface area contributed by atoms with Gasteiger partial charge in [0.05, 0.1) is 5.69 Å². The van der Waals surface area contributed by atoms with E-state index in [0.29, 0.717) is 17.2 Å². The van der Waals surface area contributed by atoms with Gasteiger partial charge in [-0.3, -0.25) is 9.59 Å². The van der Waals surface area contributed by atoms with Gasteiger partial charge in [-0.2, -0.15) is 0 Å². The first kappa shape index (κ1) is 15.7. The lowest BCUT2D eigenvalue weighted by Crippen LogP contribution is -2.15. The van der Waals surface area contributed by atoms with Crippen LogP contribution < -0.4 is 10.6 Å². The van der Waals surface area contributed by atoms with Crippen LogP contribution in [0.2, 0.25) is 0 Å². The number of benzene rings is 2. The molecular formula is C18H17BrN2O2. The Morgan fingerprint density at radius 3 is 2.30 bits per heavy atom. The number of carbonyl (C=O) groups is 2. The highest BCUT2D eigenvalue weighted by molar-refractivity contribution is 9.10. The van der Waals surface area contributed by atoms with Crippen LogP contribution in [0.5, 0.6) is 0 Å². The van der Waals surface area contributed by atoms with E-state index in [-0.39, 0.29) is 17.7 Å². The number of rotatable bonds is 4. The van der Waals surface area contributed by atoms with Crippen LogP contribution in [0.15, 0.2) is 53.0 Å². The Kier molecular flexibility index (Phi) is 4.48. The number of halogens is 1. The second kappa shape index (κ2) is 6.54. The van der Waals surface area contributed by atoms with E-state index in [2.05, 4.69) is 33.5 Å². The van der Waals surface area contributed by atoms with Gasteiger partial charge in [0.2, 0.25) is 5.91 Å². The maximum atomic E-state index is 12.2. The molecule has 0 saturated heterocycles. The molecule has 1 fully saturated rings. The predicted octanol–water partition coefficient (Wildman–Crippen LogP) is 4.30. The lowest BCUT2D eigenvalue weighted by molar-refractivity contribution is -0.117. The van der Waals surface area contributed by atoms with Crippen LogP contribution >= 0.6 is 15.9 Å². The Bertz CT molecular complexity index is 743. The van der Waals surface area contributed by atoms with Crippen molar-refractivity contribution in [1.29, 1.82) is 0 Å². The van der Waals surface area contributed by atoms with Crippen LogP contribution in [0.1, 0.15) is 23.7 Å². The summed E-state index contributed by atoms with van der Waals surface area (Å²) in [5.74, 6) is 0.478. The summed E-state index contributed by atoms with van der Waals surface area (Å²) in [6.45, 7) is 2.07.